The molecule has 1 saturated heterocycles. The molecule has 0 spiro atoms. The summed E-state index contributed by atoms with van der Waals surface area (Å²) in [6.45, 7) is 6.62. The SMILES string of the molecule is Cc1nn(C)c(C)c1C[C@H](C)C(=O)N1CCO[C@@H](C(=O)O)C1. The summed E-state index contributed by atoms with van der Waals surface area (Å²) in [4.78, 5) is 25.1. The predicted octanol–water partition coefficient (Wildman–Crippen LogP) is 0.528. The molecule has 0 saturated carbocycles. The van der Waals surface area contributed by atoms with E-state index in [2.05, 4.69) is 5.10 Å². The van der Waals surface area contributed by atoms with Crippen LogP contribution in [-0.2, 0) is 27.8 Å². The molecule has 1 aliphatic rings. The third-order valence-corrected chi connectivity index (χ3v) is 4.24. The first kappa shape index (κ1) is 16.5. The van der Waals surface area contributed by atoms with E-state index in [-0.39, 0.29) is 25.0 Å². The molecule has 22 heavy (non-hydrogen) atoms. The molecule has 0 unspecified atom stereocenters. The van der Waals surface area contributed by atoms with Gasteiger partial charge in [0.15, 0.2) is 6.10 Å². The molecule has 1 aromatic heterocycles. The molecule has 1 aliphatic heterocycles. The van der Waals surface area contributed by atoms with Crippen molar-refractivity contribution in [1.82, 2.24) is 14.7 Å². The minimum absolute atomic E-state index is 0.0304. The van der Waals surface area contributed by atoms with Gasteiger partial charge >= 0.3 is 5.97 Å². The number of hydrogen-bond donors (Lipinski definition) is 1. The highest BCUT2D eigenvalue weighted by Crippen LogP contribution is 2.19. The lowest BCUT2D eigenvalue weighted by molar-refractivity contribution is -0.160. The number of morpholine rings is 1. The number of carbonyl (C=O) groups is 2. The average molecular weight is 309 g/mol. The summed E-state index contributed by atoms with van der Waals surface area (Å²) in [5, 5.41) is 13.4. The molecule has 1 aromatic rings. The van der Waals surface area contributed by atoms with E-state index in [9.17, 15) is 9.59 Å². The second-order valence-electron chi connectivity index (χ2n) is 5.86. The molecule has 1 fully saturated rings. The number of ether oxygens (including phenoxy) is 1. The standard InChI is InChI=1S/C15H23N3O4/c1-9(7-12-10(2)16-17(4)11(12)3)14(19)18-5-6-22-13(8-18)15(20)21/h9,13H,5-8H2,1-4H3,(H,20,21)/t9-,13+/m0/s1. The van der Waals surface area contributed by atoms with Gasteiger partial charge in [0.25, 0.3) is 0 Å². The van der Waals surface area contributed by atoms with Crippen molar-refractivity contribution in [2.24, 2.45) is 13.0 Å². The number of amides is 1. The molecule has 2 atom stereocenters. The summed E-state index contributed by atoms with van der Waals surface area (Å²) in [6.07, 6.45) is -0.314. The molecule has 0 aliphatic carbocycles. The maximum absolute atomic E-state index is 12.6. The zero-order valence-corrected chi connectivity index (χ0v) is 13.5. The number of aryl methyl sites for hydroxylation is 2. The molecule has 122 valence electrons. The fraction of sp³-hybridized carbons (Fsp3) is 0.667. The second kappa shape index (κ2) is 6.48. The van der Waals surface area contributed by atoms with E-state index in [0.29, 0.717) is 13.0 Å². The Morgan fingerprint density at radius 3 is 2.68 bits per heavy atom. The van der Waals surface area contributed by atoms with Crippen LogP contribution in [0.2, 0.25) is 0 Å². The highest BCUT2D eigenvalue weighted by Gasteiger charge is 2.31. The van der Waals surface area contributed by atoms with E-state index in [0.717, 1.165) is 17.0 Å². The Balaban J connectivity index is 2.04. The zero-order valence-electron chi connectivity index (χ0n) is 13.5. The van der Waals surface area contributed by atoms with Gasteiger partial charge < -0.3 is 14.7 Å². The first-order chi connectivity index (χ1) is 10.3. The summed E-state index contributed by atoms with van der Waals surface area (Å²) in [7, 11) is 1.89. The van der Waals surface area contributed by atoms with Gasteiger partial charge in [-0.1, -0.05) is 6.92 Å². The summed E-state index contributed by atoms with van der Waals surface area (Å²) in [5.74, 6) is -1.27. The summed E-state index contributed by atoms with van der Waals surface area (Å²) in [6, 6.07) is 0. The van der Waals surface area contributed by atoms with E-state index in [4.69, 9.17) is 9.84 Å². The smallest absolute Gasteiger partial charge is 0.334 e. The van der Waals surface area contributed by atoms with Gasteiger partial charge in [0.2, 0.25) is 5.91 Å². The van der Waals surface area contributed by atoms with Gasteiger partial charge in [-0.15, -0.1) is 0 Å². The quantitative estimate of drug-likeness (QED) is 0.877. The second-order valence-corrected chi connectivity index (χ2v) is 5.86. The largest absolute Gasteiger partial charge is 0.479 e. The Morgan fingerprint density at radius 1 is 1.45 bits per heavy atom. The number of hydrogen-bond acceptors (Lipinski definition) is 4. The van der Waals surface area contributed by atoms with Crippen LogP contribution in [0.5, 0.6) is 0 Å². The normalized spacial score (nSPS) is 20.0. The lowest BCUT2D eigenvalue weighted by Gasteiger charge is -2.32. The van der Waals surface area contributed by atoms with Crippen LogP contribution in [0, 0.1) is 19.8 Å². The van der Waals surface area contributed by atoms with E-state index >= 15 is 0 Å². The minimum atomic E-state index is -1.02. The average Bonchev–Trinajstić information content (AvgIpc) is 2.73. The molecule has 0 bridgehead atoms. The van der Waals surface area contributed by atoms with Gasteiger partial charge in [-0.05, 0) is 25.8 Å². The van der Waals surface area contributed by atoms with Gasteiger partial charge in [0, 0.05) is 25.2 Å². The number of carbonyl (C=O) groups excluding carboxylic acids is 1. The van der Waals surface area contributed by atoms with Crippen molar-refractivity contribution in [3.8, 4) is 0 Å². The minimum Gasteiger partial charge on any atom is -0.479 e. The molecular weight excluding hydrogens is 286 g/mol. The van der Waals surface area contributed by atoms with Gasteiger partial charge in [-0.2, -0.15) is 5.10 Å². The molecule has 2 rings (SSSR count). The number of carboxylic acid groups (broad SMARTS) is 1. The maximum Gasteiger partial charge on any atom is 0.334 e. The first-order valence-electron chi connectivity index (χ1n) is 7.43. The Labute approximate surface area is 129 Å². The van der Waals surface area contributed by atoms with Crippen molar-refractivity contribution in [1.29, 1.82) is 0 Å². The molecule has 7 nitrogen and oxygen atoms in total. The topological polar surface area (TPSA) is 84.7 Å². The lowest BCUT2D eigenvalue weighted by atomic mass is 9.98. The van der Waals surface area contributed by atoms with Crippen molar-refractivity contribution in [3.63, 3.8) is 0 Å². The van der Waals surface area contributed by atoms with Crippen molar-refractivity contribution >= 4 is 11.9 Å². The Hall–Kier alpha value is -1.89. The van der Waals surface area contributed by atoms with Crippen LogP contribution < -0.4 is 0 Å². The van der Waals surface area contributed by atoms with Crippen molar-refractivity contribution in [2.45, 2.75) is 33.3 Å². The van der Waals surface area contributed by atoms with E-state index < -0.39 is 12.1 Å². The van der Waals surface area contributed by atoms with Gasteiger partial charge in [-0.3, -0.25) is 9.48 Å². The van der Waals surface area contributed by atoms with Gasteiger partial charge in [-0.25, -0.2) is 4.79 Å². The third kappa shape index (κ3) is 3.30. The highest BCUT2D eigenvalue weighted by atomic mass is 16.5. The number of aromatic nitrogens is 2. The van der Waals surface area contributed by atoms with E-state index in [1.165, 1.54) is 0 Å². The Bertz CT molecular complexity index is 582. The number of aliphatic carboxylic acids is 1. The number of nitrogens with zero attached hydrogens (tertiary/aromatic N) is 3. The van der Waals surface area contributed by atoms with Crippen LogP contribution in [0.25, 0.3) is 0 Å². The third-order valence-electron chi connectivity index (χ3n) is 4.24. The van der Waals surface area contributed by atoms with Crippen LogP contribution in [0.15, 0.2) is 0 Å². The monoisotopic (exact) mass is 309 g/mol. The van der Waals surface area contributed by atoms with Crippen LogP contribution in [0.4, 0.5) is 0 Å². The maximum atomic E-state index is 12.6. The molecule has 7 heteroatoms. The first-order valence-corrected chi connectivity index (χ1v) is 7.43. The fourth-order valence-corrected chi connectivity index (χ4v) is 2.82. The van der Waals surface area contributed by atoms with Crippen LogP contribution in [0.3, 0.4) is 0 Å². The van der Waals surface area contributed by atoms with Crippen molar-refractivity contribution in [2.75, 3.05) is 19.7 Å². The van der Waals surface area contributed by atoms with Crippen molar-refractivity contribution < 1.29 is 19.4 Å². The molecule has 0 radical (unpaired) electrons. The molecule has 1 amide bonds. The Morgan fingerprint density at radius 2 is 2.14 bits per heavy atom. The summed E-state index contributed by atoms with van der Waals surface area (Å²) >= 11 is 0. The van der Waals surface area contributed by atoms with Gasteiger partial charge in [0.1, 0.15) is 0 Å². The van der Waals surface area contributed by atoms with Gasteiger partial charge in [0.05, 0.1) is 18.8 Å². The van der Waals surface area contributed by atoms with Crippen LogP contribution in [-0.4, -0.2) is 57.5 Å². The fourth-order valence-electron chi connectivity index (χ4n) is 2.82. The van der Waals surface area contributed by atoms with E-state index in [1.54, 1.807) is 4.90 Å². The molecular formula is C15H23N3O4. The number of rotatable bonds is 4. The zero-order chi connectivity index (χ0) is 16.4. The summed E-state index contributed by atoms with van der Waals surface area (Å²) in [5.41, 5.74) is 3.08. The van der Waals surface area contributed by atoms with Crippen LogP contribution >= 0.6 is 0 Å². The molecule has 0 aromatic carbocycles. The molecule has 2 heterocycles. The van der Waals surface area contributed by atoms with E-state index in [1.807, 2.05) is 32.5 Å². The lowest BCUT2D eigenvalue weighted by Crippen LogP contribution is -2.50. The number of carboxylic acids is 1. The molecule has 1 N–H and O–H groups in total. The highest BCUT2D eigenvalue weighted by molar-refractivity contribution is 5.80. The summed E-state index contributed by atoms with van der Waals surface area (Å²) < 4.78 is 6.97. The van der Waals surface area contributed by atoms with Crippen molar-refractivity contribution in [3.05, 3.63) is 17.0 Å². The predicted molar refractivity (Wildman–Crippen MR) is 79.5 cm³/mol. The van der Waals surface area contributed by atoms with Crippen LogP contribution in [0.1, 0.15) is 23.9 Å². The Kier molecular flexibility index (Phi) is 4.85.